The molecule has 1 amide bonds. The Morgan fingerprint density at radius 2 is 2.24 bits per heavy atom. The molecule has 3 nitrogen and oxygen atoms in total. The van der Waals surface area contributed by atoms with Gasteiger partial charge in [-0.05, 0) is 59.4 Å². The molecule has 0 saturated heterocycles. The highest BCUT2D eigenvalue weighted by molar-refractivity contribution is 9.10. The van der Waals surface area contributed by atoms with E-state index in [1.807, 2.05) is 0 Å². The number of nitrogens with one attached hydrogen (secondary N) is 2. The molecule has 0 aliphatic heterocycles. The van der Waals surface area contributed by atoms with Crippen LogP contribution in [-0.4, -0.2) is 19.0 Å². The Balaban J connectivity index is 1.77. The van der Waals surface area contributed by atoms with Crippen molar-refractivity contribution in [2.45, 2.75) is 12.8 Å². The molecular weight excluding hydrogens is 287 g/mol. The summed E-state index contributed by atoms with van der Waals surface area (Å²) in [5, 5.41) is 5.72. The van der Waals surface area contributed by atoms with Gasteiger partial charge < -0.3 is 10.6 Å². The third-order valence-corrected chi connectivity index (χ3v) is 3.26. The maximum atomic E-state index is 13.2. The molecule has 1 fully saturated rings. The van der Waals surface area contributed by atoms with Crippen LogP contribution in [0, 0.1) is 11.7 Å². The van der Waals surface area contributed by atoms with Crippen LogP contribution in [0.25, 0.3) is 0 Å². The first kappa shape index (κ1) is 12.5. The minimum atomic E-state index is -0.381. The minimum absolute atomic E-state index is 0.146. The second-order valence-corrected chi connectivity index (χ2v) is 5.11. The second-order valence-electron chi connectivity index (χ2n) is 4.25. The molecule has 5 heteroatoms. The van der Waals surface area contributed by atoms with Gasteiger partial charge in [-0.15, -0.1) is 0 Å². The number of hydrogen-bond donors (Lipinski definition) is 2. The molecule has 1 saturated carbocycles. The summed E-state index contributed by atoms with van der Waals surface area (Å²) in [6.45, 7) is 1.16. The number of hydrogen-bond acceptors (Lipinski definition) is 2. The maximum Gasteiger partial charge on any atom is 0.238 e. The number of halogens is 2. The second kappa shape index (κ2) is 5.60. The predicted octanol–water partition coefficient (Wildman–Crippen LogP) is 2.53. The molecule has 0 atom stereocenters. The van der Waals surface area contributed by atoms with Crippen LogP contribution >= 0.6 is 15.9 Å². The summed E-state index contributed by atoms with van der Waals surface area (Å²) in [6, 6.07) is 4.53. The highest BCUT2D eigenvalue weighted by atomic mass is 79.9. The van der Waals surface area contributed by atoms with Crippen LogP contribution in [0.15, 0.2) is 22.7 Å². The van der Waals surface area contributed by atoms with Crippen molar-refractivity contribution >= 4 is 27.5 Å². The van der Waals surface area contributed by atoms with E-state index in [1.54, 1.807) is 12.1 Å². The summed E-state index contributed by atoms with van der Waals surface area (Å²) in [4.78, 5) is 11.5. The molecule has 1 aromatic rings. The average Bonchev–Trinajstić information content (AvgIpc) is 3.07. The highest BCUT2D eigenvalue weighted by Crippen LogP contribution is 2.27. The Morgan fingerprint density at radius 1 is 1.47 bits per heavy atom. The minimum Gasteiger partial charge on any atom is -0.325 e. The van der Waals surface area contributed by atoms with E-state index in [-0.39, 0.29) is 18.3 Å². The lowest BCUT2D eigenvalue weighted by Gasteiger charge is -2.06. The summed E-state index contributed by atoms with van der Waals surface area (Å²) >= 11 is 3.06. The number of anilines is 1. The van der Waals surface area contributed by atoms with Gasteiger partial charge in [0.1, 0.15) is 5.82 Å². The Bertz CT molecular complexity index is 421. The molecule has 17 heavy (non-hydrogen) atoms. The maximum absolute atomic E-state index is 13.2. The Labute approximate surface area is 108 Å². The zero-order valence-electron chi connectivity index (χ0n) is 9.30. The number of carbonyl (C=O) groups excluding carboxylic acids is 1. The molecule has 0 spiro atoms. The zero-order chi connectivity index (χ0) is 12.3. The first-order valence-electron chi connectivity index (χ1n) is 5.61. The van der Waals surface area contributed by atoms with Crippen LogP contribution in [0.3, 0.4) is 0 Å². The van der Waals surface area contributed by atoms with Crippen molar-refractivity contribution in [2.75, 3.05) is 18.4 Å². The van der Waals surface area contributed by atoms with Crippen LogP contribution in [0.2, 0.25) is 0 Å². The quantitative estimate of drug-likeness (QED) is 0.877. The summed E-state index contributed by atoms with van der Waals surface area (Å²) < 4.78 is 13.6. The molecular formula is C12H14BrFN2O. The van der Waals surface area contributed by atoms with Gasteiger partial charge in [-0.3, -0.25) is 4.79 Å². The molecule has 1 aliphatic carbocycles. The first-order valence-corrected chi connectivity index (χ1v) is 6.40. The fourth-order valence-corrected chi connectivity index (χ4v) is 1.74. The molecule has 0 bridgehead atoms. The van der Waals surface area contributed by atoms with E-state index < -0.39 is 0 Å². The Morgan fingerprint density at radius 3 is 2.88 bits per heavy atom. The molecule has 2 N–H and O–H groups in total. The van der Waals surface area contributed by atoms with Crippen molar-refractivity contribution in [2.24, 2.45) is 5.92 Å². The first-order chi connectivity index (χ1) is 8.15. The van der Waals surface area contributed by atoms with Gasteiger partial charge >= 0.3 is 0 Å². The predicted molar refractivity (Wildman–Crippen MR) is 68.3 cm³/mol. The lowest BCUT2D eigenvalue weighted by atomic mass is 10.3. The standard InChI is InChI=1S/C12H14BrFN2O/c13-10-4-3-9(5-11(10)14)16-12(17)7-15-6-8-1-2-8/h3-5,8,15H,1-2,6-7H2,(H,16,17). The summed E-state index contributed by atoms with van der Waals surface area (Å²) in [6.07, 6.45) is 2.51. The monoisotopic (exact) mass is 300 g/mol. The third-order valence-electron chi connectivity index (χ3n) is 2.62. The molecule has 0 unspecified atom stereocenters. The van der Waals surface area contributed by atoms with Crippen molar-refractivity contribution in [1.29, 1.82) is 0 Å². The number of benzene rings is 1. The van der Waals surface area contributed by atoms with Crippen molar-refractivity contribution in [3.05, 3.63) is 28.5 Å². The van der Waals surface area contributed by atoms with Crippen LogP contribution in [-0.2, 0) is 4.79 Å². The zero-order valence-corrected chi connectivity index (χ0v) is 10.9. The van der Waals surface area contributed by atoms with Gasteiger partial charge in [0.25, 0.3) is 0 Å². The Hall–Kier alpha value is -0.940. The molecule has 0 aromatic heterocycles. The lowest BCUT2D eigenvalue weighted by Crippen LogP contribution is -2.29. The molecule has 2 rings (SSSR count). The van der Waals surface area contributed by atoms with E-state index in [0.717, 1.165) is 12.5 Å². The van der Waals surface area contributed by atoms with Crippen LogP contribution in [0.1, 0.15) is 12.8 Å². The van der Waals surface area contributed by atoms with Gasteiger partial charge in [0.05, 0.1) is 11.0 Å². The van der Waals surface area contributed by atoms with Gasteiger partial charge in [0, 0.05) is 5.69 Å². The van der Waals surface area contributed by atoms with Crippen LogP contribution in [0.4, 0.5) is 10.1 Å². The van der Waals surface area contributed by atoms with Gasteiger partial charge in [0.15, 0.2) is 0 Å². The number of rotatable bonds is 5. The average molecular weight is 301 g/mol. The van der Waals surface area contributed by atoms with Crippen molar-refractivity contribution < 1.29 is 9.18 Å². The van der Waals surface area contributed by atoms with Crippen molar-refractivity contribution in [1.82, 2.24) is 5.32 Å². The summed E-state index contributed by atoms with van der Waals surface area (Å²) in [5.41, 5.74) is 0.476. The topological polar surface area (TPSA) is 41.1 Å². The van der Waals surface area contributed by atoms with Gasteiger partial charge in [-0.25, -0.2) is 4.39 Å². The largest absolute Gasteiger partial charge is 0.325 e. The van der Waals surface area contributed by atoms with Gasteiger partial charge in [-0.2, -0.15) is 0 Å². The van der Waals surface area contributed by atoms with Crippen molar-refractivity contribution in [3.8, 4) is 0 Å². The van der Waals surface area contributed by atoms with Gasteiger partial charge in [-0.1, -0.05) is 0 Å². The summed E-state index contributed by atoms with van der Waals surface area (Å²) in [5.74, 6) is 0.217. The molecule has 1 aliphatic rings. The van der Waals surface area contributed by atoms with E-state index in [0.29, 0.717) is 10.2 Å². The van der Waals surface area contributed by atoms with Gasteiger partial charge in [0.2, 0.25) is 5.91 Å². The van der Waals surface area contributed by atoms with Crippen LogP contribution in [0.5, 0.6) is 0 Å². The SMILES string of the molecule is O=C(CNCC1CC1)Nc1ccc(Br)c(F)c1. The molecule has 0 radical (unpaired) electrons. The Kier molecular flexibility index (Phi) is 4.12. The summed E-state index contributed by atoms with van der Waals surface area (Å²) in [7, 11) is 0. The van der Waals surface area contributed by atoms with E-state index in [4.69, 9.17) is 0 Å². The number of carbonyl (C=O) groups is 1. The van der Waals surface area contributed by atoms with Crippen LogP contribution < -0.4 is 10.6 Å². The molecule has 92 valence electrons. The van der Waals surface area contributed by atoms with E-state index >= 15 is 0 Å². The lowest BCUT2D eigenvalue weighted by molar-refractivity contribution is -0.115. The fourth-order valence-electron chi connectivity index (χ4n) is 1.49. The fraction of sp³-hybridized carbons (Fsp3) is 0.417. The molecule has 0 heterocycles. The third kappa shape index (κ3) is 4.09. The highest BCUT2D eigenvalue weighted by Gasteiger charge is 2.20. The van der Waals surface area contributed by atoms with E-state index in [2.05, 4.69) is 26.6 Å². The normalized spacial score (nSPS) is 14.7. The number of amides is 1. The molecule has 1 aromatic carbocycles. The van der Waals surface area contributed by atoms with Crippen molar-refractivity contribution in [3.63, 3.8) is 0 Å². The smallest absolute Gasteiger partial charge is 0.238 e. The van der Waals surface area contributed by atoms with E-state index in [9.17, 15) is 9.18 Å². The van der Waals surface area contributed by atoms with E-state index in [1.165, 1.54) is 18.9 Å².